The van der Waals surface area contributed by atoms with Crippen molar-refractivity contribution in [3.8, 4) is 0 Å². The summed E-state index contributed by atoms with van der Waals surface area (Å²) in [5, 5.41) is 59.5. The maximum Gasteiger partial charge on any atom is 0.324 e. The standard InChI is InChI=1S/C16H24N5O11PS/c17-13-7-14(19-3-18-13)21(4-20-7)15-11(25)9(23)5(31-15)1-29-33(28,34)30-2-6-8(22)10(24)12(26)16(27)32-6/h3-6,8-12,15-16,22-27H,1-2H2,(H,28,34)(H2,17,18,19)/t5-,6-,8-,9-,10+,11-,12+,15-,16?,33?/m1/s1. The van der Waals surface area contributed by atoms with Crippen LogP contribution in [0, 0.1) is 0 Å². The summed E-state index contributed by atoms with van der Waals surface area (Å²) in [5.74, 6) is 0.122. The molecule has 0 amide bonds. The zero-order valence-electron chi connectivity index (χ0n) is 17.3. The van der Waals surface area contributed by atoms with Crippen LogP contribution in [-0.2, 0) is 30.3 Å². The fourth-order valence-corrected chi connectivity index (χ4v) is 4.70. The maximum atomic E-state index is 10.5. The molecule has 0 aromatic carbocycles. The molecule has 190 valence electrons. The van der Waals surface area contributed by atoms with Crippen molar-refractivity contribution in [2.24, 2.45) is 0 Å². The lowest BCUT2D eigenvalue weighted by molar-refractivity contribution is -0.285. The smallest absolute Gasteiger partial charge is 0.324 e. The van der Waals surface area contributed by atoms with E-state index in [-0.39, 0.29) is 17.0 Å². The Kier molecular flexibility index (Phi) is 7.47. The topological polar surface area (TPSA) is 248 Å². The molecular formula is C16H24N5O11PS. The van der Waals surface area contributed by atoms with E-state index in [2.05, 4.69) is 15.0 Å². The van der Waals surface area contributed by atoms with Crippen LogP contribution in [0.4, 0.5) is 5.82 Å². The highest BCUT2D eigenvalue weighted by atomic mass is 32.5. The first kappa shape index (κ1) is 25.6. The van der Waals surface area contributed by atoms with Gasteiger partial charge in [0.05, 0.1) is 19.5 Å². The molecule has 2 aromatic heterocycles. The van der Waals surface area contributed by atoms with Gasteiger partial charge in [0, 0.05) is 0 Å². The van der Waals surface area contributed by atoms with Crippen LogP contribution in [0.5, 0.6) is 0 Å². The lowest BCUT2D eigenvalue weighted by Gasteiger charge is -2.38. The quantitative estimate of drug-likeness (QED) is 0.161. The molecule has 4 rings (SSSR count). The number of hydrogen-bond donors (Lipinski definition) is 8. The lowest BCUT2D eigenvalue weighted by Crippen LogP contribution is -2.58. The van der Waals surface area contributed by atoms with Crippen LogP contribution in [0.2, 0.25) is 0 Å². The molecule has 9 N–H and O–H groups in total. The van der Waals surface area contributed by atoms with Gasteiger partial charge in [0.1, 0.15) is 54.6 Å². The highest BCUT2D eigenvalue weighted by molar-refractivity contribution is 8.07. The van der Waals surface area contributed by atoms with Crippen molar-refractivity contribution in [2.45, 2.75) is 55.2 Å². The third-order valence-electron chi connectivity index (χ3n) is 5.49. The summed E-state index contributed by atoms with van der Waals surface area (Å²) < 4.78 is 22.2. The van der Waals surface area contributed by atoms with Gasteiger partial charge in [-0.15, -0.1) is 0 Å². The summed E-state index contributed by atoms with van der Waals surface area (Å²) in [6, 6.07) is 0. The summed E-state index contributed by atoms with van der Waals surface area (Å²) >= 11 is 4.89. The Morgan fingerprint density at radius 2 is 1.53 bits per heavy atom. The first-order valence-corrected chi connectivity index (χ1v) is 12.5. The number of anilines is 1. The molecule has 0 aliphatic carbocycles. The second kappa shape index (κ2) is 9.90. The Morgan fingerprint density at radius 3 is 2.21 bits per heavy atom. The van der Waals surface area contributed by atoms with E-state index >= 15 is 0 Å². The third kappa shape index (κ3) is 4.93. The Balaban J connectivity index is 1.35. The van der Waals surface area contributed by atoms with Gasteiger partial charge in [0.2, 0.25) is 0 Å². The highest BCUT2D eigenvalue weighted by Crippen LogP contribution is 2.45. The highest BCUT2D eigenvalue weighted by Gasteiger charge is 2.46. The van der Waals surface area contributed by atoms with Gasteiger partial charge < -0.3 is 59.8 Å². The summed E-state index contributed by atoms with van der Waals surface area (Å²) in [7, 11) is 0. The minimum Gasteiger partial charge on any atom is -0.387 e. The van der Waals surface area contributed by atoms with Crippen LogP contribution in [0.1, 0.15) is 6.23 Å². The fraction of sp³-hybridized carbons (Fsp3) is 0.688. The minimum absolute atomic E-state index is 0.122. The van der Waals surface area contributed by atoms with Crippen molar-refractivity contribution < 1.29 is 54.1 Å². The van der Waals surface area contributed by atoms with Gasteiger partial charge in [-0.1, -0.05) is 0 Å². The van der Waals surface area contributed by atoms with Crippen LogP contribution in [0.25, 0.3) is 11.2 Å². The Hall–Kier alpha value is -1.44. The maximum absolute atomic E-state index is 10.5. The first-order chi connectivity index (χ1) is 16.0. The number of aliphatic hydroxyl groups excluding tert-OH is 6. The second-order valence-corrected chi connectivity index (χ2v) is 10.6. The fourth-order valence-electron chi connectivity index (χ4n) is 3.59. The molecule has 18 heteroatoms. The molecule has 16 nitrogen and oxygen atoms in total. The summed E-state index contributed by atoms with van der Waals surface area (Å²) in [6.45, 7) is -5.05. The van der Waals surface area contributed by atoms with E-state index in [0.29, 0.717) is 0 Å². The summed E-state index contributed by atoms with van der Waals surface area (Å²) in [5.41, 5.74) is 6.30. The molecule has 34 heavy (non-hydrogen) atoms. The first-order valence-electron chi connectivity index (χ1n) is 9.94. The van der Waals surface area contributed by atoms with E-state index in [1.165, 1.54) is 17.2 Å². The normalized spacial score (nSPS) is 38.3. The van der Waals surface area contributed by atoms with Crippen LogP contribution >= 0.6 is 6.72 Å². The van der Waals surface area contributed by atoms with Gasteiger partial charge in [-0.25, -0.2) is 15.0 Å². The number of imidazole rings is 1. The zero-order chi connectivity index (χ0) is 24.8. The monoisotopic (exact) mass is 525 g/mol. The Labute approximate surface area is 196 Å². The second-order valence-electron chi connectivity index (χ2n) is 7.73. The number of aliphatic hydroxyl groups is 6. The number of nitrogen functional groups attached to an aromatic ring is 1. The number of fused-ring (bicyclic) bond motifs is 1. The van der Waals surface area contributed by atoms with Gasteiger partial charge >= 0.3 is 6.72 Å². The summed E-state index contributed by atoms with van der Waals surface area (Å²) in [6.07, 6.45) is -10.8. The molecular weight excluding hydrogens is 501 g/mol. The van der Waals surface area contributed by atoms with Crippen LogP contribution in [-0.4, -0.2) is 117 Å². The van der Waals surface area contributed by atoms with Crippen molar-refractivity contribution >= 4 is 35.5 Å². The van der Waals surface area contributed by atoms with E-state index in [9.17, 15) is 35.5 Å². The van der Waals surface area contributed by atoms with Crippen LogP contribution in [0.15, 0.2) is 12.7 Å². The Morgan fingerprint density at radius 1 is 0.912 bits per heavy atom. The van der Waals surface area contributed by atoms with Crippen molar-refractivity contribution in [3.63, 3.8) is 0 Å². The van der Waals surface area contributed by atoms with Gasteiger partial charge in [-0.05, 0) is 11.8 Å². The van der Waals surface area contributed by atoms with Crippen LogP contribution in [0.3, 0.4) is 0 Å². The number of aromatic nitrogens is 4. The largest absolute Gasteiger partial charge is 0.387 e. The van der Waals surface area contributed by atoms with E-state index in [0.717, 1.165) is 0 Å². The molecule has 2 fully saturated rings. The number of hydrogen-bond acceptors (Lipinski definition) is 15. The van der Waals surface area contributed by atoms with Crippen molar-refractivity contribution in [1.82, 2.24) is 19.5 Å². The number of nitrogens with zero attached hydrogens (tertiary/aromatic N) is 4. The number of nitrogens with two attached hydrogens (primary N) is 1. The van der Waals surface area contributed by atoms with E-state index < -0.39 is 75.2 Å². The molecule has 4 heterocycles. The third-order valence-corrected chi connectivity index (χ3v) is 7.07. The Bertz CT molecular complexity index is 1060. The van der Waals surface area contributed by atoms with Gasteiger partial charge in [-0.3, -0.25) is 4.57 Å². The number of rotatable bonds is 7. The predicted octanol–water partition coefficient (Wildman–Crippen LogP) is -3.92. The minimum atomic E-state index is -3.98. The van der Waals surface area contributed by atoms with Gasteiger partial charge in [0.25, 0.3) is 0 Å². The summed E-state index contributed by atoms with van der Waals surface area (Å²) in [4.78, 5) is 22.2. The molecule has 0 saturated carbocycles. The predicted molar refractivity (Wildman–Crippen MR) is 113 cm³/mol. The SMILES string of the molecule is Nc1ncnc2c1ncn2[C@@H]1O[C@H](COP(O)(=S)OC[C@H]2OC(O)[C@@H](O)[C@@H](O)[C@@H]2O)[C@@H](O)[C@H]1O. The molecule has 0 radical (unpaired) electrons. The van der Waals surface area contributed by atoms with Crippen molar-refractivity contribution in [1.29, 1.82) is 0 Å². The molecule has 10 atom stereocenters. The van der Waals surface area contributed by atoms with Crippen LogP contribution < -0.4 is 5.73 Å². The van der Waals surface area contributed by atoms with E-state index in [1.807, 2.05) is 0 Å². The molecule has 0 bridgehead atoms. The lowest BCUT2D eigenvalue weighted by atomic mass is 10.00. The van der Waals surface area contributed by atoms with Gasteiger partial charge in [0.15, 0.2) is 24.0 Å². The molecule has 2 aliphatic heterocycles. The van der Waals surface area contributed by atoms with Gasteiger partial charge in [-0.2, -0.15) is 0 Å². The molecule has 2 unspecified atom stereocenters. The molecule has 2 aromatic rings. The van der Waals surface area contributed by atoms with Crippen molar-refractivity contribution in [2.75, 3.05) is 18.9 Å². The molecule has 0 spiro atoms. The molecule has 2 aliphatic rings. The van der Waals surface area contributed by atoms with E-state index in [4.69, 9.17) is 36.1 Å². The average molecular weight is 525 g/mol. The average Bonchev–Trinajstić information content (AvgIpc) is 3.35. The van der Waals surface area contributed by atoms with E-state index in [1.54, 1.807) is 0 Å². The number of ether oxygens (including phenoxy) is 2. The zero-order valence-corrected chi connectivity index (χ0v) is 19.0. The van der Waals surface area contributed by atoms with Crippen molar-refractivity contribution in [3.05, 3.63) is 12.7 Å². The molecule has 2 saturated heterocycles.